The van der Waals surface area contributed by atoms with Crippen LogP contribution in [0.15, 0.2) is 42.5 Å². The number of anilines is 2. The number of nitrogen functional groups attached to an aromatic ring is 1. The van der Waals surface area contributed by atoms with E-state index in [4.69, 9.17) is 15.2 Å². The fraction of sp³-hybridized carbons (Fsp3) is 0.278. The average molecular weight is 314 g/mol. The maximum atomic E-state index is 12.4. The Balaban J connectivity index is 2.03. The molecule has 0 fully saturated rings. The molecular formula is C18H22N2O3. The van der Waals surface area contributed by atoms with Crippen molar-refractivity contribution in [1.29, 1.82) is 0 Å². The van der Waals surface area contributed by atoms with Crippen molar-refractivity contribution in [2.45, 2.75) is 13.8 Å². The van der Waals surface area contributed by atoms with Crippen molar-refractivity contribution >= 4 is 17.3 Å². The lowest BCUT2D eigenvalue weighted by molar-refractivity contribution is 0.102. The van der Waals surface area contributed by atoms with Crippen molar-refractivity contribution in [3.05, 3.63) is 53.6 Å². The SMILES string of the molecule is CCOCCOc1cccc(C(=O)Nc2cccc(N)c2C)c1. The second-order valence-electron chi connectivity index (χ2n) is 5.05. The van der Waals surface area contributed by atoms with Gasteiger partial charge in [-0.25, -0.2) is 0 Å². The first kappa shape index (κ1) is 16.8. The Bertz CT molecular complexity index is 671. The number of benzene rings is 2. The van der Waals surface area contributed by atoms with Crippen LogP contribution in [0.2, 0.25) is 0 Å². The quantitative estimate of drug-likeness (QED) is 0.608. The zero-order chi connectivity index (χ0) is 16.7. The van der Waals surface area contributed by atoms with E-state index >= 15 is 0 Å². The molecule has 0 bridgehead atoms. The van der Waals surface area contributed by atoms with Crippen LogP contribution < -0.4 is 15.8 Å². The summed E-state index contributed by atoms with van der Waals surface area (Å²) in [5.41, 5.74) is 8.59. The second-order valence-corrected chi connectivity index (χ2v) is 5.05. The lowest BCUT2D eigenvalue weighted by Crippen LogP contribution is -2.13. The van der Waals surface area contributed by atoms with Gasteiger partial charge >= 0.3 is 0 Å². The highest BCUT2D eigenvalue weighted by atomic mass is 16.5. The lowest BCUT2D eigenvalue weighted by atomic mass is 10.1. The van der Waals surface area contributed by atoms with Gasteiger partial charge in [0.15, 0.2) is 0 Å². The maximum absolute atomic E-state index is 12.4. The first-order valence-electron chi connectivity index (χ1n) is 7.59. The van der Waals surface area contributed by atoms with Crippen LogP contribution in [0.1, 0.15) is 22.8 Å². The molecule has 5 heteroatoms. The highest BCUT2D eigenvalue weighted by Gasteiger charge is 2.09. The number of hydrogen-bond donors (Lipinski definition) is 2. The average Bonchev–Trinajstić information content (AvgIpc) is 2.56. The largest absolute Gasteiger partial charge is 0.491 e. The van der Waals surface area contributed by atoms with Crippen LogP contribution in [0.25, 0.3) is 0 Å². The molecule has 0 aromatic heterocycles. The Morgan fingerprint density at radius 2 is 1.96 bits per heavy atom. The molecule has 0 unspecified atom stereocenters. The summed E-state index contributed by atoms with van der Waals surface area (Å²) in [6, 6.07) is 12.5. The van der Waals surface area contributed by atoms with E-state index in [9.17, 15) is 4.79 Å². The van der Waals surface area contributed by atoms with Crippen LogP contribution in [0.4, 0.5) is 11.4 Å². The molecule has 2 aromatic carbocycles. The molecule has 1 amide bonds. The molecular weight excluding hydrogens is 292 g/mol. The summed E-state index contributed by atoms with van der Waals surface area (Å²) in [7, 11) is 0. The van der Waals surface area contributed by atoms with Gasteiger partial charge in [-0.05, 0) is 49.7 Å². The van der Waals surface area contributed by atoms with Gasteiger partial charge in [0, 0.05) is 23.5 Å². The number of hydrogen-bond acceptors (Lipinski definition) is 4. The van der Waals surface area contributed by atoms with Crippen LogP contribution in [0, 0.1) is 6.92 Å². The molecule has 0 saturated heterocycles. The Labute approximate surface area is 136 Å². The van der Waals surface area contributed by atoms with Gasteiger partial charge in [-0.2, -0.15) is 0 Å². The van der Waals surface area contributed by atoms with Gasteiger partial charge in [-0.1, -0.05) is 12.1 Å². The smallest absolute Gasteiger partial charge is 0.255 e. The van der Waals surface area contributed by atoms with Gasteiger partial charge in [0.25, 0.3) is 5.91 Å². The van der Waals surface area contributed by atoms with Gasteiger partial charge in [-0.15, -0.1) is 0 Å². The number of nitrogens with two attached hydrogens (primary N) is 1. The van der Waals surface area contributed by atoms with E-state index in [0.29, 0.717) is 42.5 Å². The second kappa shape index (κ2) is 8.19. The van der Waals surface area contributed by atoms with Crippen LogP contribution in [0.5, 0.6) is 5.75 Å². The maximum Gasteiger partial charge on any atom is 0.255 e. The van der Waals surface area contributed by atoms with Crippen molar-refractivity contribution < 1.29 is 14.3 Å². The van der Waals surface area contributed by atoms with E-state index in [2.05, 4.69) is 5.32 Å². The number of rotatable bonds is 7. The van der Waals surface area contributed by atoms with Crippen molar-refractivity contribution in [3.8, 4) is 5.75 Å². The molecule has 5 nitrogen and oxygen atoms in total. The molecule has 2 rings (SSSR count). The molecule has 0 heterocycles. The van der Waals surface area contributed by atoms with Crippen LogP contribution in [-0.4, -0.2) is 25.7 Å². The van der Waals surface area contributed by atoms with E-state index in [1.54, 1.807) is 24.3 Å². The van der Waals surface area contributed by atoms with Gasteiger partial charge in [0.1, 0.15) is 12.4 Å². The minimum Gasteiger partial charge on any atom is -0.491 e. The first-order valence-corrected chi connectivity index (χ1v) is 7.59. The van der Waals surface area contributed by atoms with Gasteiger partial charge in [-0.3, -0.25) is 4.79 Å². The van der Waals surface area contributed by atoms with Crippen LogP contribution in [-0.2, 0) is 4.74 Å². The number of carbonyl (C=O) groups excluding carboxylic acids is 1. The highest BCUT2D eigenvalue weighted by Crippen LogP contribution is 2.22. The standard InChI is InChI=1S/C18H22N2O3/c1-3-22-10-11-23-15-7-4-6-14(12-15)18(21)20-17-9-5-8-16(19)13(17)2/h4-9,12H,3,10-11,19H2,1-2H3,(H,20,21). The minimum absolute atomic E-state index is 0.200. The highest BCUT2D eigenvalue weighted by molar-refractivity contribution is 6.05. The Kier molecular flexibility index (Phi) is 6.00. The number of carbonyl (C=O) groups is 1. The molecule has 0 aliphatic rings. The number of ether oxygens (including phenoxy) is 2. The number of nitrogens with one attached hydrogen (secondary N) is 1. The third-order valence-corrected chi connectivity index (χ3v) is 3.42. The van der Waals surface area contributed by atoms with Crippen molar-refractivity contribution in [3.63, 3.8) is 0 Å². The third kappa shape index (κ3) is 4.72. The third-order valence-electron chi connectivity index (χ3n) is 3.42. The number of amides is 1. The van der Waals surface area contributed by atoms with E-state index < -0.39 is 0 Å². The Morgan fingerprint density at radius 1 is 1.17 bits per heavy atom. The van der Waals surface area contributed by atoms with Crippen molar-refractivity contribution in [2.75, 3.05) is 30.9 Å². The van der Waals surface area contributed by atoms with E-state index in [0.717, 1.165) is 5.56 Å². The van der Waals surface area contributed by atoms with E-state index in [1.165, 1.54) is 0 Å². The molecule has 0 radical (unpaired) electrons. The molecule has 0 aliphatic heterocycles. The van der Waals surface area contributed by atoms with Crippen LogP contribution in [0.3, 0.4) is 0 Å². The molecule has 122 valence electrons. The summed E-state index contributed by atoms with van der Waals surface area (Å²) in [5, 5.41) is 2.87. The summed E-state index contributed by atoms with van der Waals surface area (Å²) in [5.74, 6) is 0.440. The first-order chi connectivity index (χ1) is 11.1. The molecule has 23 heavy (non-hydrogen) atoms. The normalized spacial score (nSPS) is 10.3. The molecule has 0 aliphatic carbocycles. The molecule has 0 atom stereocenters. The summed E-state index contributed by atoms with van der Waals surface area (Å²) in [4.78, 5) is 12.4. The summed E-state index contributed by atoms with van der Waals surface area (Å²) in [6.45, 7) is 5.44. The molecule has 3 N–H and O–H groups in total. The molecule has 0 saturated carbocycles. The Morgan fingerprint density at radius 3 is 2.74 bits per heavy atom. The fourth-order valence-electron chi connectivity index (χ4n) is 2.07. The summed E-state index contributed by atoms with van der Waals surface area (Å²) < 4.78 is 10.8. The van der Waals surface area contributed by atoms with Crippen molar-refractivity contribution in [2.24, 2.45) is 0 Å². The van der Waals surface area contributed by atoms with Gasteiger partial charge in [0.2, 0.25) is 0 Å². The monoisotopic (exact) mass is 314 g/mol. The minimum atomic E-state index is -0.200. The molecule has 0 spiro atoms. The Hall–Kier alpha value is -2.53. The summed E-state index contributed by atoms with van der Waals surface area (Å²) in [6.07, 6.45) is 0. The van der Waals surface area contributed by atoms with Gasteiger partial charge < -0.3 is 20.5 Å². The fourth-order valence-corrected chi connectivity index (χ4v) is 2.07. The summed E-state index contributed by atoms with van der Waals surface area (Å²) >= 11 is 0. The van der Waals surface area contributed by atoms with Crippen molar-refractivity contribution in [1.82, 2.24) is 0 Å². The van der Waals surface area contributed by atoms with Gasteiger partial charge in [0.05, 0.1) is 6.61 Å². The zero-order valence-corrected chi connectivity index (χ0v) is 13.5. The van der Waals surface area contributed by atoms with Crippen LogP contribution >= 0.6 is 0 Å². The predicted octanol–water partition coefficient (Wildman–Crippen LogP) is 3.24. The van der Waals surface area contributed by atoms with E-state index in [1.807, 2.05) is 32.0 Å². The topological polar surface area (TPSA) is 73.6 Å². The lowest BCUT2D eigenvalue weighted by Gasteiger charge is -2.11. The molecule has 2 aromatic rings. The predicted molar refractivity (Wildman–Crippen MR) is 92.0 cm³/mol. The zero-order valence-electron chi connectivity index (χ0n) is 13.5. The van der Waals surface area contributed by atoms with E-state index in [-0.39, 0.29) is 5.91 Å².